The topological polar surface area (TPSA) is 114 Å². The van der Waals surface area contributed by atoms with Gasteiger partial charge >= 0.3 is 12.1 Å². The van der Waals surface area contributed by atoms with Crippen LogP contribution >= 0.6 is 0 Å². The van der Waals surface area contributed by atoms with Gasteiger partial charge in [-0.3, -0.25) is 0 Å². The number of nitrogens with zero attached hydrogens (tertiary/aromatic N) is 4. The Morgan fingerprint density at radius 1 is 1.03 bits per heavy atom. The summed E-state index contributed by atoms with van der Waals surface area (Å²) in [5, 5.41) is 5.72. The van der Waals surface area contributed by atoms with E-state index in [1.807, 2.05) is 29.1 Å². The first kappa shape index (κ1) is 25.4. The number of carbonyl (C=O) groups excluding carboxylic acids is 1. The first-order chi connectivity index (χ1) is 18.6. The lowest BCUT2D eigenvalue weighted by atomic mass is 9.89. The van der Waals surface area contributed by atoms with Gasteiger partial charge in [0.25, 0.3) is 0 Å². The van der Waals surface area contributed by atoms with Crippen LogP contribution in [0.1, 0.15) is 55.5 Å². The highest BCUT2D eigenvalue weighted by Crippen LogP contribution is 2.36. The number of benzene rings is 2. The van der Waals surface area contributed by atoms with Crippen molar-refractivity contribution in [3.63, 3.8) is 0 Å². The molecule has 1 unspecified atom stereocenters. The van der Waals surface area contributed by atoms with Crippen LogP contribution in [0, 0.1) is 0 Å². The molecular formula is C29H31N5O4. The van der Waals surface area contributed by atoms with Gasteiger partial charge in [-0.05, 0) is 60.1 Å². The Morgan fingerprint density at radius 3 is 2.55 bits per heavy atom. The Hall–Kier alpha value is -4.24. The average molecular weight is 514 g/mol. The molecule has 196 valence electrons. The van der Waals surface area contributed by atoms with Crippen molar-refractivity contribution in [2.75, 3.05) is 19.8 Å². The molecule has 9 heteroatoms. The third-order valence-electron chi connectivity index (χ3n) is 6.57. The van der Waals surface area contributed by atoms with E-state index >= 15 is 0 Å². The van der Waals surface area contributed by atoms with Crippen molar-refractivity contribution in [2.24, 2.45) is 5.73 Å². The predicted octanol–water partition coefficient (Wildman–Crippen LogP) is 5.37. The summed E-state index contributed by atoms with van der Waals surface area (Å²) in [6.45, 7) is 3.06. The van der Waals surface area contributed by atoms with E-state index in [1.165, 1.54) is 5.57 Å². The van der Waals surface area contributed by atoms with Crippen LogP contribution in [0.3, 0.4) is 0 Å². The Kier molecular flexibility index (Phi) is 7.94. The van der Waals surface area contributed by atoms with Crippen molar-refractivity contribution in [1.82, 2.24) is 19.7 Å². The van der Waals surface area contributed by atoms with Gasteiger partial charge in [0.1, 0.15) is 13.2 Å². The van der Waals surface area contributed by atoms with Crippen LogP contribution in [0.5, 0.6) is 6.01 Å². The van der Waals surface area contributed by atoms with E-state index in [-0.39, 0.29) is 25.5 Å². The van der Waals surface area contributed by atoms with Crippen LogP contribution in [0.4, 0.5) is 4.79 Å². The van der Waals surface area contributed by atoms with Gasteiger partial charge in [-0.25, -0.2) is 19.4 Å². The van der Waals surface area contributed by atoms with Crippen LogP contribution in [0.25, 0.3) is 22.0 Å². The molecule has 1 aliphatic rings. The third kappa shape index (κ3) is 5.68. The van der Waals surface area contributed by atoms with Gasteiger partial charge < -0.3 is 19.9 Å². The standard InChI is InChI=1S/C29H31N5O4/c1-2-24(20-8-4-3-5-9-20)27(23-17-31-29(32-18-23)38-15-14-37-28(30)35)21-11-12-25-22(16-21)19-33-34(25)26-10-6-7-13-36-26/h3-5,8-9,11-12,16-19,26H,2,6-7,10,13-15H2,1H3,(H2,30,35)/b27-24-. The quantitative estimate of drug-likeness (QED) is 0.236. The van der Waals surface area contributed by atoms with Gasteiger partial charge in [0.05, 0.1) is 11.7 Å². The lowest BCUT2D eigenvalue weighted by Gasteiger charge is -2.23. The zero-order chi connectivity index (χ0) is 26.3. The highest BCUT2D eigenvalue weighted by molar-refractivity contribution is 6.00. The van der Waals surface area contributed by atoms with Crippen molar-refractivity contribution in [3.05, 3.63) is 83.8 Å². The fourth-order valence-electron chi connectivity index (χ4n) is 4.83. The van der Waals surface area contributed by atoms with E-state index < -0.39 is 6.09 Å². The summed E-state index contributed by atoms with van der Waals surface area (Å²) < 4.78 is 18.2. The van der Waals surface area contributed by atoms with Crippen LogP contribution in [-0.4, -0.2) is 45.7 Å². The second-order valence-corrected chi connectivity index (χ2v) is 9.03. The highest BCUT2D eigenvalue weighted by Gasteiger charge is 2.20. The zero-order valence-electron chi connectivity index (χ0n) is 21.4. The smallest absolute Gasteiger partial charge is 0.404 e. The summed E-state index contributed by atoms with van der Waals surface area (Å²) in [7, 11) is 0. The molecule has 5 rings (SSSR count). The molecule has 38 heavy (non-hydrogen) atoms. The number of fused-ring (bicyclic) bond motifs is 1. The first-order valence-electron chi connectivity index (χ1n) is 12.9. The molecule has 0 bridgehead atoms. The number of allylic oxidation sites excluding steroid dienone is 1. The lowest BCUT2D eigenvalue weighted by Crippen LogP contribution is -2.18. The molecule has 0 saturated carbocycles. The van der Waals surface area contributed by atoms with E-state index in [2.05, 4.69) is 52.3 Å². The Bertz CT molecular complexity index is 1410. The second kappa shape index (κ2) is 11.9. The number of aromatic nitrogens is 4. The molecule has 1 atom stereocenters. The van der Waals surface area contributed by atoms with E-state index in [4.69, 9.17) is 19.9 Å². The summed E-state index contributed by atoms with van der Waals surface area (Å²) in [5.41, 5.74) is 11.3. The molecule has 1 aliphatic heterocycles. The van der Waals surface area contributed by atoms with Crippen molar-refractivity contribution >= 4 is 28.1 Å². The molecule has 1 saturated heterocycles. The van der Waals surface area contributed by atoms with Crippen molar-refractivity contribution < 1.29 is 19.0 Å². The largest absolute Gasteiger partial charge is 0.460 e. The molecule has 2 N–H and O–H groups in total. The molecule has 4 aromatic rings. The Labute approximate surface area is 221 Å². The van der Waals surface area contributed by atoms with E-state index in [0.717, 1.165) is 65.5 Å². The van der Waals surface area contributed by atoms with Crippen molar-refractivity contribution in [2.45, 2.75) is 38.8 Å². The maximum atomic E-state index is 10.7. The molecule has 2 aromatic heterocycles. The SMILES string of the molecule is CC/C(=C(/c1cnc(OCCOC(N)=O)nc1)c1ccc2c(cnn2C2CCCCO2)c1)c1ccccc1. The maximum Gasteiger partial charge on any atom is 0.404 e. The monoisotopic (exact) mass is 513 g/mol. The Balaban J connectivity index is 1.52. The van der Waals surface area contributed by atoms with E-state index in [0.29, 0.717) is 0 Å². The van der Waals surface area contributed by atoms with Crippen LogP contribution < -0.4 is 10.5 Å². The van der Waals surface area contributed by atoms with Crippen LogP contribution in [0.15, 0.2) is 67.1 Å². The van der Waals surface area contributed by atoms with Crippen molar-refractivity contribution in [3.8, 4) is 6.01 Å². The lowest BCUT2D eigenvalue weighted by molar-refractivity contribution is -0.0366. The summed E-state index contributed by atoms with van der Waals surface area (Å²) in [4.78, 5) is 19.5. The van der Waals surface area contributed by atoms with Gasteiger partial charge in [0, 0.05) is 30.0 Å². The minimum atomic E-state index is -0.846. The van der Waals surface area contributed by atoms with Crippen LogP contribution in [0.2, 0.25) is 0 Å². The zero-order valence-corrected chi connectivity index (χ0v) is 21.4. The first-order valence-corrected chi connectivity index (χ1v) is 12.9. The number of hydrogen-bond acceptors (Lipinski definition) is 7. The summed E-state index contributed by atoms with van der Waals surface area (Å²) >= 11 is 0. The third-order valence-corrected chi connectivity index (χ3v) is 6.57. The molecule has 0 radical (unpaired) electrons. The van der Waals surface area contributed by atoms with E-state index in [9.17, 15) is 4.79 Å². The van der Waals surface area contributed by atoms with Gasteiger partial charge in [-0.1, -0.05) is 43.3 Å². The predicted molar refractivity (Wildman–Crippen MR) is 144 cm³/mol. The fraction of sp³-hybridized carbons (Fsp3) is 0.310. The molecular weight excluding hydrogens is 482 g/mol. The molecule has 3 heterocycles. The molecule has 1 fully saturated rings. The molecule has 0 spiro atoms. The summed E-state index contributed by atoms with van der Waals surface area (Å²) in [6.07, 6.45) is 8.58. The second-order valence-electron chi connectivity index (χ2n) is 9.03. The number of amides is 1. The molecule has 0 aliphatic carbocycles. The van der Waals surface area contributed by atoms with Crippen LogP contribution in [-0.2, 0) is 9.47 Å². The number of rotatable bonds is 9. The summed E-state index contributed by atoms with van der Waals surface area (Å²) in [6, 6.07) is 16.9. The number of primary amides is 1. The van der Waals surface area contributed by atoms with Gasteiger partial charge in [0.2, 0.25) is 0 Å². The molecule has 2 aromatic carbocycles. The number of ether oxygens (including phenoxy) is 3. The fourth-order valence-corrected chi connectivity index (χ4v) is 4.83. The van der Waals surface area contributed by atoms with Crippen molar-refractivity contribution in [1.29, 1.82) is 0 Å². The van der Waals surface area contributed by atoms with Gasteiger partial charge in [-0.2, -0.15) is 5.10 Å². The van der Waals surface area contributed by atoms with Gasteiger partial charge in [0.15, 0.2) is 6.23 Å². The molecule has 1 amide bonds. The maximum absolute atomic E-state index is 10.7. The summed E-state index contributed by atoms with van der Waals surface area (Å²) in [5.74, 6) is 0. The minimum Gasteiger partial charge on any atom is -0.460 e. The number of hydrogen-bond donors (Lipinski definition) is 1. The normalized spacial score (nSPS) is 16.2. The number of nitrogens with two attached hydrogens (primary N) is 1. The van der Waals surface area contributed by atoms with E-state index in [1.54, 1.807) is 12.4 Å². The minimum absolute atomic E-state index is 0.0213. The number of carbonyl (C=O) groups is 1. The van der Waals surface area contributed by atoms with Gasteiger partial charge in [-0.15, -0.1) is 0 Å². The molecule has 9 nitrogen and oxygen atoms in total. The Morgan fingerprint density at radius 2 is 1.84 bits per heavy atom. The highest BCUT2D eigenvalue weighted by atomic mass is 16.6. The average Bonchev–Trinajstić information content (AvgIpc) is 3.39.